The molecule has 1 aliphatic rings. The van der Waals surface area contributed by atoms with Gasteiger partial charge in [-0.05, 0) is 35.9 Å². The van der Waals surface area contributed by atoms with Crippen LogP contribution in [0.2, 0.25) is 0 Å². The molecular weight excluding hydrogens is 324 g/mol. The van der Waals surface area contributed by atoms with E-state index in [9.17, 15) is 14.9 Å². The van der Waals surface area contributed by atoms with E-state index in [4.69, 9.17) is 0 Å². The van der Waals surface area contributed by atoms with Gasteiger partial charge in [-0.3, -0.25) is 14.9 Å². The molecule has 3 rings (SSSR count). The molecule has 0 atom stereocenters. The van der Waals surface area contributed by atoms with Gasteiger partial charge in [0.2, 0.25) is 0 Å². The number of hydrogen-bond acceptors (Lipinski definition) is 4. The molecule has 1 aliphatic heterocycles. The predicted octanol–water partition coefficient (Wildman–Crippen LogP) is 4.14. The molecule has 0 saturated heterocycles. The van der Waals surface area contributed by atoms with Crippen molar-refractivity contribution < 1.29 is 9.72 Å². The van der Waals surface area contributed by atoms with E-state index in [1.165, 1.54) is 18.2 Å². The van der Waals surface area contributed by atoms with Gasteiger partial charge in [0.1, 0.15) is 0 Å². The zero-order chi connectivity index (χ0) is 16.9. The summed E-state index contributed by atoms with van der Waals surface area (Å²) in [6.45, 7) is 0.669. The summed E-state index contributed by atoms with van der Waals surface area (Å²) in [7, 11) is 0. The van der Waals surface area contributed by atoms with Gasteiger partial charge in [-0.25, -0.2) is 0 Å². The fraction of sp³-hybridized carbons (Fsp3) is 0.167. The van der Waals surface area contributed by atoms with Gasteiger partial charge in [-0.1, -0.05) is 24.3 Å². The molecule has 6 heteroatoms. The number of benzene rings is 2. The van der Waals surface area contributed by atoms with Crippen LogP contribution in [0.15, 0.2) is 59.5 Å². The van der Waals surface area contributed by atoms with E-state index in [0.29, 0.717) is 12.1 Å². The largest absolute Gasteiger partial charge is 0.308 e. The van der Waals surface area contributed by atoms with Crippen LogP contribution < -0.4 is 4.90 Å². The topological polar surface area (TPSA) is 63.4 Å². The number of fused-ring (bicyclic) bond motifs is 1. The lowest BCUT2D eigenvalue weighted by Gasteiger charge is -2.20. The molecule has 0 N–H and O–H groups in total. The van der Waals surface area contributed by atoms with Crippen LogP contribution in [0.3, 0.4) is 0 Å². The first kappa shape index (κ1) is 16.3. The molecule has 0 radical (unpaired) electrons. The Morgan fingerprint density at radius 1 is 1.21 bits per heavy atom. The quantitative estimate of drug-likeness (QED) is 0.479. The van der Waals surface area contributed by atoms with Crippen LogP contribution in [-0.2, 0) is 4.79 Å². The number of thioether (sulfide) groups is 1. The van der Waals surface area contributed by atoms with Crippen LogP contribution in [-0.4, -0.2) is 23.1 Å². The number of carbonyl (C=O) groups excluding carboxylic acids is 1. The number of hydrogen-bond donors (Lipinski definition) is 0. The summed E-state index contributed by atoms with van der Waals surface area (Å²) in [6, 6.07) is 14.1. The SMILES string of the molecule is O=C(/C=C/c1cccc([N+](=O)[O-])c1)N1CCCSc2ccccc21. The lowest BCUT2D eigenvalue weighted by Crippen LogP contribution is -2.30. The standard InChI is InChI=1S/C18H16N2O3S/c21-18(10-9-14-5-3-6-15(13-14)20(22)23)19-11-4-12-24-17-8-2-1-7-16(17)19/h1-3,5-10,13H,4,11-12H2/b10-9+. The third-order valence-corrected chi connectivity index (χ3v) is 4.85. The summed E-state index contributed by atoms with van der Waals surface area (Å²) in [4.78, 5) is 25.8. The number of nitro groups is 1. The lowest BCUT2D eigenvalue weighted by atomic mass is 10.2. The Bertz CT molecular complexity index is 804. The molecule has 5 nitrogen and oxygen atoms in total. The number of carbonyl (C=O) groups is 1. The molecule has 24 heavy (non-hydrogen) atoms. The van der Waals surface area contributed by atoms with Crippen LogP contribution in [0.5, 0.6) is 0 Å². The highest BCUT2D eigenvalue weighted by Crippen LogP contribution is 2.33. The summed E-state index contributed by atoms with van der Waals surface area (Å²) in [5.41, 5.74) is 1.57. The van der Waals surface area contributed by atoms with Crippen LogP contribution >= 0.6 is 11.8 Å². The highest BCUT2D eigenvalue weighted by molar-refractivity contribution is 7.99. The first-order valence-corrected chi connectivity index (χ1v) is 8.59. The van der Waals surface area contributed by atoms with Crippen molar-refractivity contribution in [3.63, 3.8) is 0 Å². The van der Waals surface area contributed by atoms with Crippen molar-refractivity contribution in [1.29, 1.82) is 0 Å². The number of nitro benzene ring substituents is 1. The van der Waals surface area contributed by atoms with Gasteiger partial charge < -0.3 is 4.90 Å². The third-order valence-electron chi connectivity index (χ3n) is 3.71. The maximum absolute atomic E-state index is 12.6. The first-order valence-electron chi connectivity index (χ1n) is 7.61. The fourth-order valence-electron chi connectivity index (χ4n) is 2.56. The maximum atomic E-state index is 12.6. The highest BCUT2D eigenvalue weighted by Gasteiger charge is 2.19. The van der Waals surface area contributed by atoms with E-state index in [-0.39, 0.29) is 11.6 Å². The van der Waals surface area contributed by atoms with Gasteiger partial charge in [0.25, 0.3) is 11.6 Å². The van der Waals surface area contributed by atoms with Crippen molar-refractivity contribution in [2.24, 2.45) is 0 Å². The van der Waals surface area contributed by atoms with E-state index in [0.717, 1.165) is 22.8 Å². The highest BCUT2D eigenvalue weighted by atomic mass is 32.2. The van der Waals surface area contributed by atoms with Crippen molar-refractivity contribution in [3.8, 4) is 0 Å². The number of amides is 1. The Labute approximate surface area is 144 Å². The van der Waals surface area contributed by atoms with E-state index in [1.54, 1.807) is 34.9 Å². The van der Waals surface area contributed by atoms with Crippen molar-refractivity contribution in [2.45, 2.75) is 11.3 Å². The number of rotatable bonds is 3. The Balaban J connectivity index is 1.82. The Morgan fingerprint density at radius 2 is 2.04 bits per heavy atom. The Morgan fingerprint density at radius 3 is 2.88 bits per heavy atom. The summed E-state index contributed by atoms with van der Waals surface area (Å²) in [5.74, 6) is 0.867. The zero-order valence-corrected chi connectivity index (χ0v) is 13.7. The second kappa shape index (κ2) is 7.31. The minimum absolute atomic E-state index is 0.0149. The molecule has 0 saturated carbocycles. The molecule has 1 heterocycles. The number of non-ortho nitro benzene ring substituents is 1. The molecule has 2 aromatic rings. The average molecular weight is 340 g/mol. The molecule has 0 aliphatic carbocycles. The van der Waals surface area contributed by atoms with Crippen molar-refractivity contribution in [1.82, 2.24) is 0 Å². The van der Waals surface area contributed by atoms with Crippen molar-refractivity contribution in [3.05, 3.63) is 70.3 Å². The van der Waals surface area contributed by atoms with E-state index < -0.39 is 4.92 Å². The monoisotopic (exact) mass is 340 g/mol. The van der Waals surface area contributed by atoms with E-state index in [2.05, 4.69) is 0 Å². The van der Waals surface area contributed by atoms with Crippen molar-refractivity contribution in [2.75, 3.05) is 17.2 Å². The normalized spacial score (nSPS) is 14.2. The van der Waals surface area contributed by atoms with Gasteiger partial charge in [-0.15, -0.1) is 11.8 Å². The summed E-state index contributed by atoms with van der Waals surface area (Å²) in [6.07, 6.45) is 4.03. The molecule has 0 bridgehead atoms. The van der Waals surface area contributed by atoms with E-state index >= 15 is 0 Å². The number of anilines is 1. The minimum atomic E-state index is -0.443. The fourth-order valence-corrected chi connectivity index (χ4v) is 3.55. The molecule has 0 spiro atoms. The smallest absolute Gasteiger partial charge is 0.270 e. The summed E-state index contributed by atoms with van der Waals surface area (Å²) < 4.78 is 0. The van der Waals surface area contributed by atoms with Gasteiger partial charge in [0.05, 0.1) is 10.6 Å². The van der Waals surface area contributed by atoms with Gasteiger partial charge >= 0.3 is 0 Å². The summed E-state index contributed by atoms with van der Waals surface area (Å²) in [5, 5.41) is 10.8. The molecule has 0 fully saturated rings. The molecular formula is C18H16N2O3S. The first-order chi connectivity index (χ1) is 11.6. The average Bonchev–Trinajstić information content (AvgIpc) is 2.82. The summed E-state index contributed by atoms with van der Waals surface area (Å²) >= 11 is 1.76. The Kier molecular flexibility index (Phi) is 4.96. The van der Waals surface area contributed by atoms with Crippen LogP contribution in [0, 0.1) is 10.1 Å². The predicted molar refractivity (Wildman–Crippen MR) is 96.3 cm³/mol. The number of nitrogens with zero attached hydrogens (tertiary/aromatic N) is 2. The zero-order valence-electron chi connectivity index (χ0n) is 12.9. The van der Waals surface area contributed by atoms with Gasteiger partial charge in [0, 0.05) is 29.6 Å². The number of para-hydroxylation sites is 1. The van der Waals surface area contributed by atoms with Crippen LogP contribution in [0.4, 0.5) is 11.4 Å². The maximum Gasteiger partial charge on any atom is 0.270 e. The molecule has 1 amide bonds. The molecule has 0 unspecified atom stereocenters. The second-order valence-corrected chi connectivity index (χ2v) is 6.48. The van der Waals surface area contributed by atoms with Crippen molar-refractivity contribution >= 4 is 35.1 Å². The third kappa shape index (κ3) is 3.65. The van der Waals surface area contributed by atoms with E-state index in [1.807, 2.05) is 24.3 Å². The van der Waals surface area contributed by atoms with Gasteiger partial charge in [0.15, 0.2) is 0 Å². The second-order valence-electron chi connectivity index (χ2n) is 5.35. The molecule has 2 aromatic carbocycles. The molecule has 122 valence electrons. The minimum Gasteiger partial charge on any atom is -0.308 e. The van der Waals surface area contributed by atoms with Crippen LogP contribution in [0.25, 0.3) is 6.08 Å². The lowest BCUT2D eigenvalue weighted by molar-refractivity contribution is -0.384. The van der Waals surface area contributed by atoms with Gasteiger partial charge in [-0.2, -0.15) is 0 Å². The Hall–Kier alpha value is -2.60. The molecule has 0 aromatic heterocycles. The van der Waals surface area contributed by atoms with Crippen LogP contribution in [0.1, 0.15) is 12.0 Å².